The summed E-state index contributed by atoms with van der Waals surface area (Å²) in [6.07, 6.45) is 0. The molecular formula is C20H17N5O2. The number of hydrogen-bond donors (Lipinski definition) is 2. The molecule has 7 nitrogen and oxygen atoms in total. The Hall–Kier alpha value is -3.74. The second-order valence-electron chi connectivity index (χ2n) is 6.08. The third-order valence-corrected chi connectivity index (χ3v) is 4.06. The zero-order valence-corrected chi connectivity index (χ0v) is 14.6. The Morgan fingerprint density at radius 2 is 1.81 bits per heavy atom. The summed E-state index contributed by atoms with van der Waals surface area (Å²) in [6, 6.07) is 19.1. The molecule has 7 heteroatoms. The minimum Gasteiger partial charge on any atom is -0.419 e. The number of H-pyrrole nitrogens is 1. The molecule has 134 valence electrons. The summed E-state index contributed by atoms with van der Waals surface area (Å²) in [7, 11) is 0. The first-order chi connectivity index (χ1) is 13.2. The van der Waals surface area contributed by atoms with Gasteiger partial charge < -0.3 is 9.73 Å². The SMILES string of the molecule is Cc1ccc(-c2cc(C(=O)NCc3nnc(-c4ccccc4)o3)[nH]n2)cc1. The van der Waals surface area contributed by atoms with E-state index in [0.717, 1.165) is 11.1 Å². The summed E-state index contributed by atoms with van der Waals surface area (Å²) in [5.41, 5.74) is 4.03. The van der Waals surface area contributed by atoms with Crippen molar-refractivity contribution in [2.24, 2.45) is 0 Å². The fourth-order valence-electron chi connectivity index (χ4n) is 2.58. The Labute approximate surface area is 155 Å². The number of nitrogens with one attached hydrogen (secondary N) is 2. The Kier molecular flexibility index (Phi) is 4.49. The van der Waals surface area contributed by atoms with Gasteiger partial charge in [-0.25, -0.2) is 0 Å². The highest BCUT2D eigenvalue weighted by Gasteiger charge is 2.13. The standard InChI is InChI=1S/C20H17N5O2/c1-13-7-9-14(10-8-13)16-11-17(23-22-16)19(26)21-12-18-24-25-20(27-18)15-5-3-2-4-6-15/h2-11H,12H2,1H3,(H,21,26)(H,22,23). The molecule has 4 aromatic rings. The fraction of sp³-hybridized carbons (Fsp3) is 0.100. The van der Waals surface area contributed by atoms with Crippen LogP contribution in [-0.2, 0) is 6.54 Å². The van der Waals surface area contributed by atoms with Crippen molar-refractivity contribution in [1.82, 2.24) is 25.7 Å². The van der Waals surface area contributed by atoms with E-state index in [-0.39, 0.29) is 12.5 Å². The largest absolute Gasteiger partial charge is 0.419 e. The van der Waals surface area contributed by atoms with E-state index >= 15 is 0 Å². The monoisotopic (exact) mass is 359 g/mol. The van der Waals surface area contributed by atoms with Crippen LogP contribution in [0.5, 0.6) is 0 Å². The fourth-order valence-corrected chi connectivity index (χ4v) is 2.58. The molecule has 0 aliphatic rings. The molecule has 1 amide bonds. The Bertz CT molecular complexity index is 1050. The smallest absolute Gasteiger partial charge is 0.269 e. The molecule has 0 saturated carbocycles. The summed E-state index contributed by atoms with van der Waals surface area (Å²) in [5.74, 6) is 0.462. The summed E-state index contributed by atoms with van der Waals surface area (Å²) in [6.45, 7) is 2.16. The van der Waals surface area contributed by atoms with Crippen LogP contribution in [0.4, 0.5) is 0 Å². The maximum absolute atomic E-state index is 12.3. The molecule has 2 aromatic heterocycles. The summed E-state index contributed by atoms with van der Waals surface area (Å²) >= 11 is 0. The van der Waals surface area contributed by atoms with Gasteiger partial charge in [0.25, 0.3) is 5.91 Å². The van der Waals surface area contributed by atoms with Crippen LogP contribution in [0.25, 0.3) is 22.7 Å². The molecule has 2 heterocycles. The molecule has 27 heavy (non-hydrogen) atoms. The lowest BCUT2D eigenvalue weighted by Gasteiger charge is -1.99. The highest BCUT2D eigenvalue weighted by Crippen LogP contribution is 2.19. The first-order valence-electron chi connectivity index (χ1n) is 8.47. The lowest BCUT2D eigenvalue weighted by atomic mass is 10.1. The van der Waals surface area contributed by atoms with E-state index in [0.29, 0.717) is 23.2 Å². The van der Waals surface area contributed by atoms with Gasteiger partial charge in [0.2, 0.25) is 11.8 Å². The number of carbonyl (C=O) groups is 1. The molecule has 0 aliphatic carbocycles. The second-order valence-corrected chi connectivity index (χ2v) is 6.08. The molecule has 4 rings (SSSR count). The molecule has 0 spiro atoms. The summed E-state index contributed by atoms with van der Waals surface area (Å²) in [4.78, 5) is 12.3. The number of aromatic nitrogens is 4. The van der Waals surface area contributed by atoms with Crippen LogP contribution in [0.15, 0.2) is 65.1 Å². The van der Waals surface area contributed by atoms with Crippen molar-refractivity contribution in [2.45, 2.75) is 13.5 Å². The number of amides is 1. The van der Waals surface area contributed by atoms with Crippen molar-refractivity contribution in [1.29, 1.82) is 0 Å². The van der Waals surface area contributed by atoms with E-state index < -0.39 is 0 Å². The van der Waals surface area contributed by atoms with E-state index in [1.54, 1.807) is 6.07 Å². The quantitative estimate of drug-likeness (QED) is 0.569. The molecule has 2 N–H and O–H groups in total. The van der Waals surface area contributed by atoms with Gasteiger partial charge in [-0.15, -0.1) is 10.2 Å². The highest BCUT2D eigenvalue weighted by molar-refractivity contribution is 5.93. The van der Waals surface area contributed by atoms with Crippen LogP contribution in [0.2, 0.25) is 0 Å². The molecule has 2 aromatic carbocycles. The number of aromatic amines is 1. The average molecular weight is 359 g/mol. The van der Waals surface area contributed by atoms with Crippen molar-refractivity contribution in [2.75, 3.05) is 0 Å². The van der Waals surface area contributed by atoms with Gasteiger partial charge in [0.15, 0.2) is 0 Å². The highest BCUT2D eigenvalue weighted by atomic mass is 16.4. The molecule has 0 fully saturated rings. The molecule has 0 unspecified atom stereocenters. The lowest BCUT2D eigenvalue weighted by molar-refractivity contribution is 0.0942. The summed E-state index contributed by atoms with van der Waals surface area (Å²) < 4.78 is 5.58. The number of carbonyl (C=O) groups excluding carboxylic acids is 1. The number of nitrogens with zero attached hydrogens (tertiary/aromatic N) is 3. The molecule has 0 radical (unpaired) electrons. The molecule has 0 saturated heterocycles. The Morgan fingerprint density at radius 1 is 1.04 bits per heavy atom. The molecule has 0 bridgehead atoms. The first-order valence-corrected chi connectivity index (χ1v) is 8.47. The number of rotatable bonds is 5. The zero-order chi connectivity index (χ0) is 18.6. The number of aryl methyl sites for hydroxylation is 1. The van der Waals surface area contributed by atoms with Gasteiger partial charge in [0, 0.05) is 11.1 Å². The van der Waals surface area contributed by atoms with E-state index in [1.807, 2.05) is 61.5 Å². The minimum atomic E-state index is -0.291. The topological polar surface area (TPSA) is 96.7 Å². The lowest BCUT2D eigenvalue weighted by Crippen LogP contribution is -2.23. The van der Waals surface area contributed by atoms with Gasteiger partial charge >= 0.3 is 0 Å². The van der Waals surface area contributed by atoms with Crippen molar-refractivity contribution in [3.05, 3.63) is 77.8 Å². The zero-order valence-electron chi connectivity index (χ0n) is 14.6. The number of benzene rings is 2. The third-order valence-electron chi connectivity index (χ3n) is 4.06. The second kappa shape index (κ2) is 7.25. The van der Waals surface area contributed by atoms with E-state index in [1.165, 1.54) is 5.56 Å². The molecular weight excluding hydrogens is 342 g/mol. The Balaban J connectivity index is 1.40. The van der Waals surface area contributed by atoms with Gasteiger partial charge in [-0.2, -0.15) is 5.10 Å². The van der Waals surface area contributed by atoms with Crippen molar-refractivity contribution in [3.8, 4) is 22.7 Å². The normalized spacial score (nSPS) is 10.7. The van der Waals surface area contributed by atoms with Crippen molar-refractivity contribution < 1.29 is 9.21 Å². The van der Waals surface area contributed by atoms with Crippen LogP contribution < -0.4 is 5.32 Å². The molecule has 0 aliphatic heterocycles. The van der Waals surface area contributed by atoms with Crippen molar-refractivity contribution in [3.63, 3.8) is 0 Å². The van der Waals surface area contributed by atoms with E-state index in [2.05, 4.69) is 25.7 Å². The van der Waals surface area contributed by atoms with Gasteiger partial charge in [0.1, 0.15) is 5.69 Å². The summed E-state index contributed by atoms with van der Waals surface area (Å²) in [5, 5.41) is 17.7. The van der Waals surface area contributed by atoms with Crippen LogP contribution in [0.3, 0.4) is 0 Å². The van der Waals surface area contributed by atoms with E-state index in [9.17, 15) is 4.79 Å². The molecule has 0 atom stereocenters. The van der Waals surface area contributed by atoms with Crippen LogP contribution in [-0.4, -0.2) is 26.3 Å². The van der Waals surface area contributed by atoms with Crippen LogP contribution >= 0.6 is 0 Å². The van der Waals surface area contributed by atoms with Gasteiger partial charge in [0.05, 0.1) is 12.2 Å². The van der Waals surface area contributed by atoms with E-state index in [4.69, 9.17) is 4.42 Å². The van der Waals surface area contributed by atoms with Gasteiger partial charge in [-0.05, 0) is 25.1 Å². The minimum absolute atomic E-state index is 0.136. The maximum Gasteiger partial charge on any atom is 0.269 e. The Morgan fingerprint density at radius 3 is 2.59 bits per heavy atom. The average Bonchev–Trinajstić information content (AvgIpc) is 3.37. The third kappa shape index (κ3) is 3.77. The first kappa shape index (κ1) is 16.7. The predicted molar refractivity (Wildman–Crippen MR) is 99.7 cm³/mol. The predicted octanol–water partition coefficient (Wildman–Crippen LogP) is 3.37. The van der Waals surface area contributed by atoms with Gasteiger partial charge in [-0.1, -0.05) is 48.0 Å². The van der Waals surface area contributed by atoms with Crippen molar-refractivity contribution >= 4 is 5.91 Å². The number of hydrogen-bond acceptors (Lipinski definition) is 5. The maximum atomic E-state index is 12.3. The van der Waals surface area contributed by atoms with Crippen LogP contribution in [0, 0.1) is 6.92 Å². The van der Waals surface area contributed by atoms with Gasteiger partial charge in [-0.3, -0.25) is 9.89 Å². The van der Waals surface area contributed by atoms with Crippen LogP contribution in [0.1, 0.15) is 21.9 Å².